The van der Waals surface area contributed by atoms with Gasteiger partial charge in [-0.05, 0) is 33.4 Å². The van der Waals surface area contributed by atoms with Gasteiger partial charge in [-0.1, -0.05) is 13.8 Å². The SMILES string of the molecule is Cc1nc2scc(C)n2c1CNCC(C)(C)CN(C)C. The van der Waals surface area contributed by atoms with E-state index in [0.717, 1.165) is 30.3 Å². The van der Waals surface area contributed by atoms with Crippen LogP contribution in [0.25, 0.3) is 4.96 Å². The molecule has 2 aromatic heterocycles. The van der Waals surface area contributed by atoms with Gasteiger partial charge < -0.3 is 10.2 Å². The summed E-state index contributed by atoms with van der Waals surface area (Å²) in [6.45, 7) is 11.8. The van der Waals surface area contributed by atoms with E-state index in [-0.39, 0.29) is 5.41 Å². The first kappa shape index (κ1) is 15.5. The quantitative estimate of drug-likeness (QED) is 0.889. The van der Waals surface area contributed by atoms with Crippen molar-refractivity contribution in [3.63, 3.8) is 0 Å². The van der Waals surface area contributed by atoms with E-state index in [1.54, 1.807) is 11.3 Å². The van der Waals surface area contributed by atoms with E-state index in [0.29, 0.717) is 0 Å². The third kappa shape index (κ3) is 3.40. The molecule has 2 aromatic rings. The Morgan fingerprint density at radius 2 is 2.05 bits per heavy atom. The molecular weight excluding hydrogens is 268 g/mol. The van der Waals surface area contributed by atoms with Crippen LogP contribution in [0.5, 0.6) is 0 Å². The van der Waals surface area contributed by atoms with Crippen molar-refractivity contribution in [3.8, 4) is 0 Å². The Morgan fingerprint density at radius 1 is 1.35 bits per heavy atom. The topological polar surface area (TPSA) is 32.6 Å². The van der Waals surface area contributed by atoms with E-state index in [4.69, 9.17) is 0 Å². The summed E-state index contributed by atoms with van der Waals surface area (Å²) in [6.07, 6.45) is 0. The minimum atomic E-state index is 0.269. The second-order valence-corrected chi connectivity index (χ2v) is 7.48. The van der Waals surface area contributed by atoms with E-state index >= 15 is 0 Å². The fourth-order valence-corrected chi connectivity index (χ4v) is 3.74. The molecule has 0 fully saturated rings. The van der Waals surface area contributed by atoms with Crippen molar-refractivity contribution in [1.29, 1.82) is 0 Å². The van der Waals surface area contributed by atoms with Gasteiger partial charge in [-0.25, -0.2) is 4.98 Å². The minimum Gasteiger partial charge on any atom is -0.311 e. The average Bonchev–Trinajstić information content (AvgIpc) is 2.79. The maximum atomic E-state index is 4.63. The normalized spacial score (nSPS) is 12.8. The first-order valence-electron chi connectivity index (χ1n) is 7.07. The number of thiazole rings is 1. The van der Waals surface area contributed by atoms with Gasteiger partial charge >= 0.3 is 0 Å². The summed E-state index contributed by atoms with van der Waals surface area (Å²) in [7, 11) is 4.25. The van der Waals surface area contributed by atoms with Crippen LogP contribution < -0.4 is 5.32 Å². The van der Waals surface area contributed by atoms with Crippen LogP contribution in [0.4, 0.5) is 0 Å². The summed E-state index contributed by atoms with van der Waals surface area (Å²) in [5, 5.41) is 5.77. The Bertz CT molecular complexity index is 580. The molecule has 0 aliphatic rings. The van der Waals surface area contributed by atoms with Gasteiger partial charge in [0, 0.05) is 30.7 Å². The lowest BCUT2D eigenvalue weighted by molar-refractivity contribution is 0.232. The van der Waals surface area contributed by atoms with Gasteiger partial charge in [0.25, 0.3) is 0 Å². The molecule has 2 heterocycles. The molecule has 0 saturated carbocycles. The number of nitrogens with one attached hydrogen (secondary N) is 1. The van der Waals surface area contributed by atoms with Gasteiger partial charge in [0.05, 0.1) is 11.4 Å². The lowest BCUT2D eigenvalue weighted by Gasteiger charge is -2.28. The maximum Gasteiger partial charge on any atom is 0.194 e. The molecule has 20 heavy (non-hydrogen) atoms. The fourth-order valence-electron chi connectivity index (χ4n) is 2.81. The zero-order chi connectivity index (χ0) is 14.9. The second kappa shape index (κ2) is 5.84. The Morgan fingerprint density at radius 3 is 2.70 bits per heavy atom. The minimum absolute atomic E-state index is 0.269. The highest BCUT2D eigenvalue weighted by atomic mass is 32.1. The standard InChI is InChI=1S/C15H26N4S/c1-11-8-20-14-17-12(2)13(19(11)14)7-16-9-15(3,4)10-18(5)6/h8,16H,7,9-10H2,1-6H3. The van der Waals surface area contributed by atoms with Crippen LogP contribution >= 0.6 is 11.3 Å². The number of hydrogen-bond donors (Lipinski definition) is 1. The summed E-state index contributed by atoms with van der Waals surface area (Å²) >= 11 is 1.71. The van der Waals surface area contributed by atoms with E-state index < -0.39 is 0 Å². The fraction of sp³-hybridized carbons (Fsp3) is 0.667. The molecule has 4 nitrogen and oxygen atoms in total. The summed E-state index contributed by atoms with van der Waals surface area (Å²) in [5.41, 5.74) is 3.97. The van der Waals surface area contributed by atoms with Crippen LogP contribution in [-0.4, -0.2) is 41.5 Å². The van der Waals surface area contributed by atoms with Crippen LogP contribution in [0.1, 0.15) is 30.9 Å². The molecule has 0 atom stereocenters. The van der Waals surface area contributed by atoms with E-state index in [1.807, 2.05) is 0 Å². The Hall–Kier alpha value is -0.910. The third-order valence-electron chi connectivity index (χ3n) is 3.47. The van der Waals surface area contributed by atoms with Gasteiger partial charge in [0.1, 0.15) is 0 Å². The molecule has 1 N–H and O–H groups in total. The molecule has 112 valence electrons. The number of aryl methyl sites for hydroxylation is 2. The number of fused-ring (bicyclic) bond motifs is 1. The smallest absolute Gasteiger partial charge is 0.194 e. The summed E-state index contributed by atoms with van der Waals surface area (Å²) < 4.78 is 2.27. The molecule has 0 bridgehead atoms. The van der Waals surface area contributed by atoms with Gasteiger partial charge in [-0.2, -0.15) is 0 Å². The number of imidazole rings is 1. The Kier molecular flexibility index (Phi) is 4.52. The highest BCUT2D eigenvalue weighted by Gasteiger charge is 2.19. The molecule has 0 aliphatic heterocycles. The lowest BCUT2D eigenvalue weighted by atomic mass is 9.93. The van der Waals surface area contributed by atoms with Crippen molar-refractivity contribution in [1.82, 2.24) is 19.6 Å². The van der Waals surface area contributed by atoms with E-state index in [9.17, 15) is 0 Å². The van der Waals surface area contributed by atoms with Gasteiger partial charge in [0.15, 0.2) is 4.96 Å². The molecular formula is C15H26N4S. The first-order chi connectivity index (χ1) is 9.30. The number of rotatable bonds is 6. The van der Waals surface area contributed by atoms with Crippen LogP contribution in [-0.2, 0) is 6.54 Å². The van der Waals surface area contributed by atoms with Crippen LogP contribution in [0.2, 0.25) is 0 Å². The van der Waals surface area contributed by atoms with Gasteiger partial charge in [-0.15, -0.1) is 11.3 Å². The molecule has 0 spiro atoms. The highest BCUT2D eigenvalue weighted by Crippen LogP contribution is 2.21. The lowest BCUT2D eigenvalue weighted by Crippen LogP contribution is -2.37. The highest BCUT2D eigenvalue weighted by molar-refractivity contribution is 7.15. The number of aromatic nitrogens is 2. The Balaban J connectivity index is 2.03. The van der Waals surface area contributed by atoms with E-state index in [2.05, 4.69) is 66.8 Å². The molecule has 0 aliphatic carbocycles. The second-order valence-electron chi connectivity index (χ2n) is 6.64. The summed E-state index contributed by atoms with van der Waals surface area (Å²) in [5.74, 6) is 0. The van der Waals surface area contributed by atoms with Crippen molar-refractivity contribution in [2.45, 2.75) is 34.2 Å². The van der Waals surface area contributed by atoms with Gasteiger partial charge in [0.2, 0.25) is 0 Å². The van der Waals surface area contributed by atoms with Crippen molar-refractivity contribution < 1.29 is 0 Å². The van der Waals surface area contributed by atoms with Crippen LogP contribution in [0.3, 0.4) is 0 Å². The van der Waals surface area contributed by atoms with Gasteiger partial charge in [-0.3, -0.25) is 4.40 Å². The third-order valence-corrected chi connectivity index (χ3v) is 4.41. The molecule has 0 aromatic carbocycles. The van der Waals surface area contributed by atoms with Crippen molar-refractivity contribution in [2.24, 2.45) is 5.41 Å². The molecule has 5 heteroatoms. The predicted molar refractivity (Wildman–Crippen MR) is 86.6 cm³/mol. The largest absolute Gasteiger partial charge is 0.311 e. The zero-order valence-corrected chi connectivity index (χ0v) is 14.3. The van der Waals surface area contributed by atoms with Crippen molar-refractivity contribution in [2.75, 3.05) is 27.2 Å². The number of hydrogen-bond acceptors (Lipinski definition) is 4. The number of nitrogens with zero attached hydrogens (tertiary/aromatic N) is 3. The van der Waals surface area contributed by atoms with E-state index in [1.165, 1.54) is 11.4 Å². The summed E-state index contributed by atoms with van der Waals surface area (Å²) in [4.78, 5) is 7.97. The molecule has 0 unspecified atom stereocenters. The predicted octanol–water partition coefficient (Wildman–Crippen LogP) is 2.69. The molecule has 0 amide bonds. The molecule has 0 saturated heterocycles. The summed E-state index contributed by atoms with van der Waals surface area (Å²) in [6, 6.07) is 0. The zero-order valence-electron chi connectivity index (χ0n) is 13.4. The average molecular weight is 294 g/mol. The Labute approximate surface area is 125 Å². The molecule has 0 radical (unpaired) electrons. The first-order valence-corrected chi connectivity index (χ1v) is 7.95. The van der Waals surface area contributed by atoms with Crippen molar-refractivity contribution >= 4 is 16.3 Å². The maximum absolute atomic E-state index is 4.63. The van der Waals surface area contributed by atoms with Crippen molar-refractivity contribution in [3.05, 3.63) is 22.5 Å². The van der Waals surface area contributed by atoms with Crippen LogP contribution in [0, 0.1) is 19.3 Å². The molecule has 2 rings (SSSR count). The monoisotopic (exact) mass is 294 g/mol. The van der Waals surface area contributed by atoms with Crippen LogP contribution in [0.15, 0.2) is 5.38 Å².